The number of allylic oxidation sites excluding steroid dienone is 1. The molecular formula is C24H16Cl2N2O2. The van der Waals surface area contributed by atoms with Crippen molar-refractivity contribution in [3.05, 3.63) is 106 Å². The molecule has 0 amide bonds. The van der Waals surface area contributed by atoms with Crippen molar-refractivity contribution in [1.82, 2.24) is 9.55 Å². The van der Waals surface area contributed by atoms with Gasteiger partial charge in [0.2, 0.25) is 5.78 Å². The number of para-hydroxylation sites is 2. The van der Waals surface area contributed by atoms with E-state index in [0.717, 1.165) is 5.52 Å². The van der Waals surface area contributed by atoms with Crippen LogP contribution >= 0.6 is 23.2 Å². The van der Waals surface area contributed by atoms with Crippen LogP contribution in [0.4, 0.5) is 0 Å². The van der Waals surface area contributed by atoms with E-state index in [-0.39, 0.29) is 23.9 Å². The molecule has 1 heterocycles. The quantitative estimate of drug-likeness (QED) is 0.271. The van der Waals surface area contributed by atoms with Gasteiger partial charge in [0, 0.05) is 15.6 Å². The second-order valence-corrected chi connectivity index (χ2v) is 7.51. The monoisotopic (exact) mass is 434 g/mol. The van der Waals surface area contributed by atoms with Gasteiger partial charge in [-0.15, -0.1) is 0 Å². The number of benzene rings is 3. The van der Waals surface area contributed by atoms with Crippen LogP contribution in [0.25, 0.3) is 17.1 Å². The number of aromatic nitrogens is 2. The molecule has 0 aliphatic rings. The third-order valence-electron chi connectivity index (χ3n) is 4.65. The summed E-state index contributed by atoms with van der Waals surface area (Å²) in [7, 11) is 0. The molecule has 4 rings (SSSR count). The van der Waals surface area contributed by atoms with Crippen molar-refractivity contribution in [3.63, 3.8) is 0 Å². The Balaban J connectivity index is 1.69. The van der Waals surface area contributed by atoms with Gasteiger partial charge in [0.1, 0.15) is 0 Å². The molecule has 30 heavy (non-hydrogen) atoms. The van der Waals surface area contributed by atoms with Crippen LogP contribution in [0, 0.1) is 0 Å². The van der Waals surface area contributed by atoms with Gasteiger partial charge in [-0.3, -0.25) is 9.59 Å². The Kier molecular flexibility index (Phi) is 5.79. The number of carbonyl (C=O) groups is 2. The van der Waals surface area contributed by atoms with Crippen molar-refractivity contribution in [2.45, 2.75) is 6.54 Å². The van der Waals surface area contributed by atoms with E-state index >= 15 is 0 Å². The maximum absolute atomic E-state index is 13.0. The average molecular weight is 435 g/mol. The van der Waals surface area contributed by atoms with Crippen molar-refractivity contribution < 1.29 is 9.59 Å². The molecular weight excluding hydrogens is 419 g/mol. The molecule has 0 fully saturated rings. The zero-order valence-corrected chi connectivity index (χ0v) is 17.3. The van der Waals surface area contributed by atoms with E-state index in [1.807, 2.05) is 42.5 Å². The highest BCUT2D eigenvalue weighted by molar-refractivity contribution is 6.35. The fourth-order valence-electron chi connectivity index (χ4n) is 3.16. The van der Waals surface area contributed by atoms with E-state index in [9.17, 15) is 9.59 Å². The van der Waals surface area contributed by atoms with Crippen molar-refractivity contribution >= 4 is 51.9 Å². The maximum atomic E-state index is 13.0. The summed E-state index contributed by atoms with van der Waals surface area (Å²) in [6.45, 7) is 0.0150. The molecule has 0 atom stereocenters. The number of fused-ring (bicyclic) bond motifs is 1. The number of ketones is 2. The summed E-state index contributed by atoms with van der Waals surface area (Å²) in [5, 5.41) is 0.962. The molecule has 3 aromatic carbocycles. The predicted octanol–water partition coefficient (Wildman–Crippen LogP) is 6.12. The average Bonchev–Trinajstić information content (AvgIpc) is 3.12. The molecule has 0 unspecified atom stereocenters. The van der Waals surface area contributed by atoms with Crippen LogP contribution in [0.1, 0.15) is 26.5 Å². The summed E-state index contributed by atoms with van der Waals surface area (Å²) in [5.74, 6) is -0.225. The fraction of sp³-hybridized carbons (Fsp3) is 0.0417. The molecule has 148 valence electrons. The minimum Gasteiger partial charge on any atom is -0.313 e. The Morgan fingerprint density at radius 3 is 2.43 bits per heavy atom. The normalized spacial score (nSPS) is 11.3. The molecule has 1 aromatic heterocycles. The zero-order chi connectivity index (χ0) is 21.1. The summed E-state index contributed by atoms with van der Waals surface area (Å²) in [5.41, 5.74) is 2.62. The Morgan fingerprint density at radius 1 is 0.933 bits per heavy atom. The largest absolute Gasteiger partial charge is 0.313 e. The lowest BCUT2D eigenvalue weighted by atomic mass is 10.1. The number of nitrogens with zero attached hydrogens (tertiary/aromatic N) is 2. The van der Waals surface area contributed by atoms with Crippen LogP contribution in [-0.4, -0.2) is 21.1 Å². The predicted molar refractivity (Wildman–Crippen MR) is 120 cm³/mol. The standard InChI is InChI=1S/C24H16Cl2N2O2/c25-18-12-10-16(19(26)14-18)11-13-22(29)24-27-20-8-4-5-9-21(20)28(24)15-23(30)17-6-2-1-3-7-17/h1-14H,15H2/b13-11+. The molecule has 6 heteroatoms. The van der Waals surface area contributed by atoms with Crippen LogP contribution in [-0.2, 0) is 6.54 Å². The second-order valence-electron chi connectivity index (χ2n) is 6.66. The number of hydrogen-bond donors (Lipinski definition) is 0. The van der Waals surface area contributed by atoms with Gasteiger partial charge in [0.05, 0.1) is 17.6 Å². The van der Waals surface area contributed by atoms with Crippen LogP contribution < -0.4 is 0 Å². The van der Waals surface area contributed by atoms with Gasteiger partial charge in [-0.05, 0) is 42.0 Å². The Labute approximate surface area is 183 Å². The van der Waals surface area contributed by atoms with E-state index in [0.29, 0.717) is 26.7 Å². The van der Waals surface area contributed by atoms with Crippen molar-refractivity contribution in [1.29, 1.82) is 0 Å². The highest BCUT2D eigenvalue weighted by atomic mass is 35.5. The molecule has 0 saturated carbocycles. The highest BCUT2D eigenvalue weighted by Gasteiger charge is 2.18. The Morgan fingerprint density at radius 2 is 1.67 bits per heavy atom. The van der Waals surface area contributed by atoms with E-state index in [4.69, 9.17) is 23.2 Å². The summed E-state index contributed by atoms with van der Waals surface area (Å²) in [6.07, 6.45) is 3.02. The molecule has 0 saturated heterocycles. The molecule has 4 aromatic rings. The number of Topliss-reactive ketones (excluding diaryl/α,β-unsaturated/α-hetero) is 1. The lowest BCUT2D eigenvalue weighted by molar-refractivity contribution is 0.0969. The third kappa shape index (κ3) is 4.20. The second kappa shape index (κ2) is 8.66. The lowest BCUT2D eigenvalue weighted by Gasteiger charge is -2.07. The molecule has 4 nitrogen and oxygen atoms in total. The number of halogens is 2. The Bertz CT molecular complexity index is 1280. The molecule has 0 bridgehead atoms. The topological polar surface area (TPSA) is 52.0 Å². The van der Waals surface area contributed by atoms with E-state index in [1.165, 1.54) is 6.08 Å². The molecule has 0 N–H and O–H groups in total. The van der Waals surface area contributed by atoms with Crippen LogP contribution in [0.5, 0.6) is 0 Å². The maximum Gasteiger partial charge on any atom is 0.221 e. The van der Waals surface area contributed by atoms with Crippen molar-refractivity contribution in [3.8, 4) is 0 Å². The lowest BCUT2D eigenvalue weighted by Crippen LogP contribution is -2.15. The Hall–Kier alpha value is -3.21. The van der Waals surface area contributed by atoms with Gasteiger partial charge in [-0.25, -0.2) is 4.98 Å². The van der Waals surface area contributed by atoms with Crippen molar-refractivity contribution in [2.75, 3.05) is 0 Å². The van der Waals surface area contributed by atoms with Crippen LogP contribution in [0.2, 0.25) is 10.0 Å². The minimum atomic E-state index is -0.321. The van der Waals surface area contributed by atoms with Gasteiger partial charge in [-0.1, -0.05) is 71.7 Å². The first-order valence-electron chi connectivity index (χ1n) is 9.24. The smallest absolute Gasteiger partial charge is 0.221 e. The van der Waals surface area contributed by atoms with Gasteiger partial charge in [0.15, 0.2) is 11.6 Å². The van der Waals surface area contributed by atoms with Gasteiger partial charge in [0.25, 0.3) is 0 Å². The van der Waals surface area contributed by atoms with Crippen LogP contribution in [0.3, 0.4) is 0 Å². The first kappa shape index (κ1) is 20.1. The number of rotatable bonds is 6. The van der Waals surface area contributed by atoms with E-state index in [1.54, 1.807) is 41.0 Å². The summed E-state index contributed by atoms with van der Waals surface area (Å²) in [4.78, 5) is 30.2. The summed E-state index contributed by atoms with van der Waals surface area (Å²) >= 11 is 12.1. The minimum absolute atomic E-state index is 0.0150. The number of hydrogen-bond acceptors (Lipinski definition) is 3. The number of imidazole rings is 1. The molecule has 0 aliphatic heterocycles. The van der Waals surface area contributed by atoms with Crippen LogP contribution in [0.15, 0.2) is 78.9 Å². The van der Waals surface area contributed by atoms with Crippen molar-refractivity contribution in [2.24, 2.45) is 0 Å². The van der Waals surface area contributed by atoms with E-state index in [2.05, 4.69) is 4.98 Å². The zero-order valence-electron chi connectivity index (χ0n) is 15.8. The van der Waals surface area contributed by atoms with Gasteiger partial charge in [-0.2, -0.15) is 0 Å². The van der Waals surface area contributed by atoms with Gasteiger partial charge >= 0.3 is 0 Å². The third-order valence-corrected chi connectivity index (χ3v) is 5.21. The molecule has 0 radical (unpaired) electrons. The molecule has 0 aliphatic carbocycles. The van der Waals surface area contributed by atoms with Gasteiger partial charge < -0.3 is 4.57 Å². The summed E-state index contributed by atoms with van der Waals surface area (Å²) in [6, 6.07) is 21.4. The SMILES string of the molecule is O=C(Cn1c(C(=O)/C=C/c2ccc(Cl)cc2Cl)nc2ccccc21)c1ccccc1. The first-order chi connectivity index (χ1) is 14.5. The van der Waals surface area contributed by atoms with E-state index < -0.39 is 0 Å². The highest BCUT2D eigenvalue weighted by Crippen LogP contribution is 2.23. The number of carbonyl (C=O) groups excluding carboxylic acids is 2. The summed E-state index contributed by atoms with van der Waals surface area (Å²) < 4.78 is 1.65. The fourth-order valence-corrected chi connectivity index (χ4v) is 3.63. The molecule has 0 spiro atoms. The first-order valence-corrected chi connectivity index (χ1v) is 9.99.